The van der Waals surface area contributed by atoms with E-state index in [-0.39, 0.29) is 18.0 Å². The molecule has 0 spiro atoms. The van der Waals surface area contributed by atoms with E-state index in [0.29, 0.717) is 30.4 Å². The van der Waals surface area contributed by atoms with Crippen LogP contribution in [0, 0.1) is 11.8 Å². The van der Waals surface area contributed by atoms with Crippen molar-refractivity contribution in [3.05, 3.63) is 50.8 Å². The van der Waals surface area contributed by atoms with Crippen LogP contribution in [0.1, 0.15) is 43.9 Å². The normalized spacial score (nSPS) is 28.5. The first kappa shape index (κ1) is 22.1. The van der Waals surface area contributed by atoms with Crippen molar-refractivity contribution in [1.29, 1.82) is 0 Å². The Kier molecular flexibility index (Phi) is 5.69. The largest absolute Gasteiger partial charge is 0.494 e. The van der Waals surface area contributed by atoms with Gasteiger partial charge in [0.1, 0.15) is 12.4 Å². The number of aliphatic hydroxyl groups is 1. The van der Waals surface area contributed by atoms with Crippen molar-refractivity contribution in [2.45, 2.75) is 45.0 Å². The third-order valence-electron chi connectivity index (χ3n) is 6.98. The van der Waals surface area contributed by atoms with Gasteiger partial charge < -0.3 is 25.1 Å². The zero-order valence-corrected chi connectivity index (χ0v) is 20.4. The molecule has 3 heterocycles. The number of aliphatic hydroxyl groups excluding tert-OH is 1. The number of nitrogens with one attached hydrogen (secondary N) is 1. The van der Waals surface area contributed by atoms with Gasteiger partial charge in [-0.1, -0.05) is 43.1 Å². The summed E-state index contributed by atoms with van der Waals surface area (Å²) < 4.78 is 6.31. The highest BCUT2D eigenvalue weighted by atomic mass is 35.5. The molecule has 4 aliphatic rings. The summed E-state index contributed by atoms with van der Waals surface area (Å²) >= 11 is 13.3. The summed E-state index contributed by atoms with van der Waals surface area (Å²) in [6, 6.07) is 6.08. The van der Waals surface area contributed by atoms with E-state index in [0.717, 1.165) is 45.4 Å². The number of halogens is 2. The molecule has 1 aliphatic carbocycles. The van der Waals surface area contributed by atoms with Crippen molar-refractivity contribution in [1.82, 2.24) is 15.2 Å². The average Bonchev–Trinajstić information content (AvgIpc) is 3.29. The van der Waals surface area contributed by atoms with Crippen LogP contribution in [0.4, 0.5) is 0 Å². The van der Waals surface area contributed by atoms with Crippen LogP contribution in [0.15, 0.2) is 39.8 Å². The number of nitrogens with zero attached hydrogens (tertiary/aromatic N) is 3. The van der Waals surface area contributed by atoms with Crippen molar-refractivity contribution < 1.29 is 9.84 Å². The summed E-state index contributed by atoms with van der Waals surface area (Å²) in [5, 5.41) is 17.5. The van der Waals surface area contributed by atoms with E-state index in [9.17, 15) is 5.11 Å². The molecule has 1 aromatic rings. The number of hydrogen-bond donors (Lipinski definition) is 2. The Morgan fingerprint density at radius 1 is 1.28 bits per heavy atom. The number of rotatable bonds is 5. The first-order chi connectivity index (χ1) is 15.3. The Morgan fingerprint density at radius 3 is 2.78 bits per heavy atom. The lowest BCUT2D eigenvalue weighted by Gasteiger charge is -2.43. The third-order valence-corrected chi connectivity index (χ3v) is 7.59. The van der Waals surface area contributed by atoms with Gasteiger partial charge in [-0.05, 0) is 49.7 Å². The average molecular weight is 477 g/mol. The SMILES string of the molecule is CC(C)C1NN=C2C1C1c3ccc(Cl)cc3C3=C(Cl)CCC(OCCN(C)C)=C3N1C2O. The predicted octanol–water partition coefficient (Wildman–Crippen LogP) is 4.16. The Morgan fingerprint density at radius 2 is 2.06 bits per heavy atom. The number of likely N-dealkylation sites (N-methyl/N-ethyl adjacent to an activating group) is 1. The number of hydrogen-bond acceptors (Lipinski definition) is 6. The summed E-state index contributed by atoms with van der Waals surface area (Å²) in [7, 11) is 4.06. The summed E-state index contributed by atoms with van der Waals surface area (Å²) in [6.45, 7) is 5.77. The number of hydrazone groups is 1. The molecule has 0 radical (unpaired) electrons. The van der Waals surface area contributed by atoms with Crippen LogP contribution in [-0.4, -0.2) is 60.1 Å². The van der Waals surface area contributed by atoms with Crippen LogP contribution in [0.25, 0.3) is 5.57 Å². The second-order valence-electron chi connectivity index (χ2n) is 9.62. The second kappa shape index (κ2) is 8.24. The van der Waals surface area contributed by atoms with Crippen LogP contribution < -0.4 is 5.43 Å². The van der Waals surface area contributed by atoms with Gasteiger partial charge in [0, 0.05) is 28.6 Å². The van der Waals surface area contributed by atoms with E-state index < -0.39 is 6.23 Å². The molecule has 1 saturated heterocycles. The van der Waals surface area contributed by atoms with Crippen LogP contribution in [0.3, 0.4) is 0 Å². The summed E-state index contributed by atoms with van der Waals surface area (Å²) in [5.41, 5.74) is 8.07. The van der Waals surface area contributed by atoms with Crippen molar-refractivity contribution in [3.63, 3.8) is 0 Å². The molecule has 32 heavy (non-hydrogen) atoms. The van der Waals surface area contributed by atoms with Crippen molar-refractivity contribution >= 4 is 34.5 Å². The third kappa shape index (κ3) is 3.35. The van der Waals surface area contributed by atoms with E-state index >= 15 is 0 Å². The molecule has 4 atom stereocenters. The van der Waals surface area contributed by atoms with Crippen LogP contribution in [-0.2, 0) is 4.74 Å². The molecule has 0 bridgehead atoms. The van der Waals surface area contributed by atoms with E-state index in [1.54, 1.807) is 0 Å². The topological polar surface area (TPSA) is 60.3 Å². The highest BCUT2D eigenvalue weighted by Crippen LogP contribution is 2.57. The molecular weight excluding hydrogens is 447 g/mol. The van der Waals surface area contributed by atoms with Gasteiger partial charge in [-0.25, -0.2) is 0 Å². The van der Waals surface area contributed by atoms with E-state index in [1.807, 2.05) is 26.2 Å². The van der Waals surface area contributed by atoms with Gasteiger partial charge in [-0.2, -0.15) is 5.10 Å². The van der Waals surface area contributed by atoms with Gasteiger partial charge in [0.25, 0.3) is 0 Å². The molecule has 1 aromatic carbocycles. The molecule has 4 unspecified atom stereocenters. The zero-order valence-electron chi connectivity index (χ0n) is 18.9. The Labute approximate surface area is 199 Å². The maximum absolute atomic E-state index is 11.5. The molecule has 0 aromatic heterocycles. The standard InChI is InChI=1S/C24H30Cl2N4O2/c1-12(2)20-19-21(28-27-20)24(31)30-22(19)14-6-5-13(25)11-15(14)18-16(26)7-8-17(23(18)30)32-10-9-29(3)4/h5-6,11-12,19-20,22,24,27,31H,7-10H2,1-4H3. The minimum absolute atomic E-state index is 0.0581. The lowest BCUT2D eigenvalue weighted by atomic mass is 9.77. The second-order valence-corrected chi connectivity index (χ2v) is 10.5. The first-order valence-corrected chi connectivity index (χ1v) is 12.0. The fourth-order valence-corrected chi connectivity index (χ4v) is 5.95. The van der Waals surface area contributed by atoms with E-state index in [2.05, 4.69) is 40.2 Å². The van der Waals surface area contributed by atoms with Crippen molar-refractivity contribution in [3.8, 4) is 0 Å². The molecule has 8 heteroatoms. The molecule has 5 rings (SSSR count). The van der Waals surface area contributed by atoms with Crippen LogP contribution in [0.5, 0.6) is 0 Å². The summed E-state index contributed by atoms with van der Waals surface area (Å²) in [4.78, 5) is 4.19. The Hall–Kier alpha value is -1.73. The van der Waals surface area contributed by atoms with Gasteiger partial charge in [-0.15, -0.1) is 0 Å². The molecule has 0 amide bonds. The number of allylic oxidation sites excluding steroid dienone is 3. The van der Waals surface area contributed by atoms with Crippen LogP contribution >= 0.6 is 23.2 Å². The number of benzene rings is 1. The molecule has 0 saturated carbocycles. The maximum Gasteiger partial charge on any atom is 0.169 e. The lowest BCUT2D eigenvalue weighted by Crippen LogP contribution is -2.42. The molecular formula is C24H30Cl2N4O2. The minimum Gasteiger partial charge on any atom is -0.494 e. The monoisotopic (exact) mass is 476 g/mol. The van der Waals surface area contributed by atoms with Gasteiger partial charge in [0.15, 0.2) is 6.23 Å². The van der Waals surface area contributed by atoms with Gasteiger partial charge >= 0.3 is 0 Å². The van der Waals surface area contributed by atoms with Crippen LogP contribution in [0.2, 0.25) is 5.02 Å². The first-order valence-electron chi connectivity index (χ1n) is 11.3. The minimum atomic E-state index is -0.829. The van der Waals surface area contributed by atoms with Crippen molar-refractivity contribution in [2.24, 2.45) is 16.9 Å². The van der Waals surface area contributed by atoms with Gasteiger partial charge in [0.05, 0.1) is 29.4 Å². The highest BCUT2D eigenvalue weighted by Gasteiger charge is 2.57. The van der Waals surface area contributed by atoms with E-state index in [1.165, 1.54) is 0 Å². The fraction of sp³-hybridized carbons (Fsp3) is 0.542. The Bertz CT molecular complexity index is 1030. The Balaban J connectivity index is 1.70. The fourth-order valence-electron chi connectivity index (χ4n) is 5.49. The zero-order chi connectivity index (χ0) is 22.7. The highest BCUT2D eigenvalue weighted by molar-refractivity contribution is 6.34. The lowest BCUT2D eigenvalue weighted by molar-refractivity contribution is 0.0584. The smallest absolute Gasteiger partial charge is 0.169 e. The molecule has 2 N–H and O–H groups in total. The quantitative estimate of drug-likeness (QED) is 0.667. The molecule has 6 nitrogen and oxygen atoms in total. The maximum atomic E-state index is 11.5. The number of ether oxygens (including phenoxy) is 1. The van der Waals surface area contributed by atoms with Gasteiger partial charge in [0.2, 0.25) is 0 Å². The van der Waals surface area contributed by atoms with Crippen molar-refractivity contribution in [2.75, 3.05) is 27.2 Å². The molecule has 3 aliphatic heterocycles. The predicted molar refractivity (Wildman–Crippen MR) is 128 cm³/mol. The number of fused-ring (bicyclic) bond motifs is 8. The summed E-state index contributed by atoms with van der Waals surface area (Å²) in [6.07, 6.45) is 0.587. The summed E-state index contributed by atoms with van der Waals surface area (Å²) in [5.74, 6) is 1.30. The van der Waals surface area contributed by atoms with E-state index in [4.69, 9.17) is 27.9 Å². The molecule has 172 valence electrons. The van der Waals surface area contributed by atoms with Gasteiger partial charge in [-0.3, -0.25) is 0 Å². The molecule has 1 fully saturated rings.